The monoisotopic (exact) mass is 510 g/mol. The van der Waals surface area contributed by atoms with Gasteiger partial charge in [-0.25, -0.2) is 4.98 Å². The molecule has 7 nitrogen and oxygen atoms in total. The van der Waals surface area contributed by atoms with Gasteiger partial charge < -0.3 is 23.7 Å². The number of nitrogens with zero attached hydrogens (tertiary/aromatic N) is 2. The molecule has 0 amide bonds. The maximum absolute atomic E-state index is 10.4. The van der Waals surface area contributed by atoms with Crippen molar-refractivity contribution in [3.8, 4) is 34.5 Å². The van der Waals surface area contributed by atoms with Crippen molar-refractivity contribution in [1.82, 2.24) is 9.97 Å². The third-order valence-electron chi connectivity index (χ3n) is 6.43. The first-order valence-corrected chi connectivity index (χ1v) is 15.0. The van der Waals surface area contributed by atoms with E-state index in [1.54, 1.807) is 25.4 Å². The van der Waals surface area contributed by atoms with Crippen molar-refractivity contribution in [2.75, 3.05) is 13.7 Å². The minimum absolute atomic E-state index is 0.0740. The molecule has 0 radical (unpaired) electrons. The predicted octanol–water partition coefficient (Wildman–Crippen LogP) is 6.53. The van der Waals surface area contributed by atoms with E-state index in [1.807, 2.05) is 44.2 Å². The molecule has 36 heavy (non-hydrogen) atoms. The molecule has 0 fully saturated rings. The third-order valence-corrected chi connectivity index (χ3v) is 10.9. The molecule has 3 rings (SSSR count). The van der Waals surface area contributed by atoms with E-state index in [-0.39, 0.29) is 16.9 Å². The van der Waals surface area contributed by atoms with E-state index in [1.165, 1.54) is 0 Å². The average molecular weight is 511 g/mol. The Bertz CT molecular complexity index is 1160. The maximum atomic E-state index is 10.4. The van der Waals surface area contributed by atoms with Crippen molar-refractivity contribution in [2.24, 2.45) is 0 Å². The molecule has 2 aromatic carbocycles. The van der Waals surface area contributed by atoms with Gasteiger partial charge in [0.15, 0.2) is 14.1 Å². The molecule has 0 spiro atoms. The van der Waals surface area contributed by atoms with Crippen LogP contribution < -0.4 is 14.2 Å². The molecule has 194 valence electrons. The van der Waals surface area contributed by atoms with Gasteiger partial charge in [-0.3, -0.25) is 0 Å². The normalized spacial score (nSPS) is 12.8. The van der Waals surface area contributed by atoms with Crippen molar-refractivity contribution in [1.29, 1.82) is 0 Å². The summed E-state index contributed by atoms with van der Waals surface area (Å²) in [5.41, 5.74) is 2.45. The predicted molar refractivity (Wildman–Crippen MR) is 144 cm³/mol. The van der Waals surface area contributed by atoms with Crippen LogP contribution in [0.2, 0.25) is 18.1 Å². The Morgan fingerprint density at radius 3 is 2.36 bits per heavy atom. The molecule has 0 unspecified atom stereocenters. The molecular weight excluding hydrogens is 472 g/mol. The zero-order valence-electron chi connectivity index (χ0n) is 22.6. The van der Waals surface area contributed by atoms with Gasteiger partial charge in [0.25, 0.3) is 0 Å². The molecule has 8 heteroatoms. The first-order valence-electron chi connectivity index (χ1n) is 12.1. The number of hydrogen-bond donors (Lipinski definition) is 1. The SMILES string of the molecule is COc1ccc(COc2nc(-c3cc(O)cc(O[C@@H](C)CO[Si](C)(C)C(C)(C)C)c3)ncc2C)cc1. The van der Waals surface area contributed by atoms with E-state index in [0.29, 0.717) is 36.2 Å². The summed E-state index contributed by atoms with van der Waals surface area (Å²) >= 11 is 0. The van der Waals surface area contributed by atoms with Gasteiger partial charge in [-0.05, 0) is 61.8 Å². The van der Waals surface area contributed by atoms with E-state index in [0.717, 1.165) is 16.9 Å². The molecule has 0 aliphatic heterocycles. The summed E-state index contributed by atoms with van der Waals surface area (Å²) in [7, 11) is -0.240. The van der Waals surface area contributed by atoms with Crippen LogP contribution in [0.25, 0.3) is 11.4 Å². The number of hydrogen-bond acceptors (Lipinski definition) is 7. The zero-order valence-corrected chi connectivity index (χ0v) is 23.6. The number of ether oxygens (including phenoxy) is 3. The smallest absolute Gasteiger partial charge is 0.220 e. The lowest BCUT2D eigenvalue weighted by atomic mass is 10.2. The second-order valence-corrected chi connectivity index (χ2v) is 15.3. The first kappa shape index (κ1) is 27.5. The summed E-state index contributed by atoms with van der Waals surface area (Å²) in [5.74, 6) is 2.32. The van der Waals surface area contributed by atoms with Crippen LogP contribution >= 0.6 is 0 Å². The number of aryl methyl sites for hydroxylation is 1. The van der Waals surface area contributed by atoms with E-state index in [9.17, 15) is 5.11 Å². The third kappa shape index (κ3) is 7.21. The van der Waals surface area contributed by atoms with E-state index < -0.39 is 8.32 Å². The molecule has 3 aromatic rings. The summed E-state index contributed by atoms with van der Waals surface area (Å²) in [6.45, 7) is 15.8. The number of rotatable bonds is 10. The van der Waals surface area contributed by atoms with Crippen molar-refractivity contribution in [3.05, 3.63) is 59.8 Å². The van der Waals surface area contributed by atoms with Crippen molar-refractivity contribution in [3.63, 3.8) is 0 Å². The summed E-state index contributed by atoms with van der Waals surface area (Å²) in [5, 5.41) is 10.5. The topological polar surface area (TPSA) is 82.9 Å². The minimum Gasteiger partial charge on any atom is -0.508 e. The Balaban J connectivity index is 1.72. The van der Waals surface area contributed by atoms with E-state index in [2.05, 4.69) is 43.8 Å². The molecule has 0 bridgehead atoms. The van der Waals surface area contributed by atoms with Crippen LogP contribution in [0, 0.1) is 6.92 Å². The second kappa shape index (κ2) is 11.3. The Hall–Kier alpha value is -3.10. The lowest BCUT2D eigenvalue weighted by molar-refractivity contribution is 0.134. The highest BCUT2D eigenvalue weighted by molar-refractivity contribution is 6.74. The molecule has 0 saturated carbocycles. The molecule has 1 N–H and O–H groups in total. The lowest BCUT2D eigenvalue weighted by Crippen LogP contribution is -2.43. The number of methoxy groups -OCH3 is 1. The first-order chi connectivity index (χ1) is 16.9. The van der Waals surface area contributed by atoms with Crippen molar-refractivity contribution >= 4 is 8.32 Å². The number of aromatic nitrogens is 2. The highest BCUT2D eigenvalue weighted by atomic mass is 28.4. The number of aromatic hydroxyl groups is 1. The van der Waals surface area contributed by atoms with Gasteiger partial charge >= 0.3 is 0 Å². The summed E-state index contributed by atoms with van der Waals surface area (Å²) < 4.78 is 23.5. The molecular formula is C28H38N2O5Si. The fourth-order valence-electron chi connectivity index (χ4n) is 3.17. The maximum Gasteiger partial charge on any atom is 0.220 e. The zero-order chi connectivity index (χ0) is 26.5. The molecule has 1 atom stereocenters. The van der Waals surface area contributed by atoms with Gasteiger partial charge in [-0.15, -0.1) is 0 Å². The number of phenols is 1. The molecule has 1 aromatic heterocycles. The van der Waals surface area contributed by atoms with Crippen LogP contribution in [-0.2, 0) is 11.0 Å². The standard InChI is InChI=1S/C28H38N2O5Si/c1-19-16-29-26(30-27(19)33-18-21-9-11-24(32-6)12-10-21)22-13-23(31)15-25(14-22)35-20(2)17-34-36(7,8)28(3,4)5/h9-16,20,31H,17-18H2,1-8H3/t20-/m0/s1. The number of phenolic OH excluding ortho intramolecular Hbond substituents is 1. The Morgan fingerprint density at radius 2 is 1.72 bits per heavy atom. The van der Waals surface area contributed by atoms with Gasteiger partial charge in [0.1, 0.15) is 30.0 Å². The highest BCUT2D eigenvalue weighted by Gasteiger charge is 2.37. The van der Waals surface area contributed by atoms with Crippen LogP contribution in [0.4, 0.5) is 0 Å². The van der Waals surface area contributed by atoms with Gasteiger partial charge in [0.2, 0.25) is 5.88 Å². The lowest BCUT2D eigenvalue weighted by Gasteiger charge is -2.36. The van der Waals surface area contributed by atoms with Crippen LogP contribution in [0.5, 0.6) is 23.1 Å². The second-order valence-electron chi connectivity index (χ2n) is 10.5. The molecule has 0 saturated heterocycles. The minimum atomic E-state index is -1.88. The number of benzene rings is 2. The van der Waals surface area contributed by atoms with Gasteiger partial charge in [0.05, 0.1) is 13.7 Å². The van der Waals surface area contributed by atoms with Gasteiger partial charge in [-0.1, -0.05) is 32.9 Å². The van der Waals surface area contributed by atoms with Gasteiger partial charge in [0, 0.05) is 23.4 Å². The van der Waals surface area contributed by atoms with Crippen molar-refractivity contribution < 1.29 is 23.7 Å². The Morgan fingerprint density at radius 1 is 1.03 bits per heavy atom. The largest absolute Gasteiger partial charge is 0.508 e. The summed E-state index contributed by atoms with van der Waals surface area (Å²) in [6, 6.07) is 12.7. The quantitative estimate of drug-likeness (QED) is 0.310. The average Bonchev–Trinajstić information content (AvgIpc) is 2.81. The molecule has 0 aliphatic rings. The van der Waals surface area contributed by atoms with Crippen molar-refractivity contribution in [2.45, 2.75) is 65.5 Å². The fraction of sp³-hybridized carbons (Fsp3) is 0.429. The van der Waals surface area contributed by atoms with Crippen LogP contribution in [0.1, 0.15) is 38.8 Å². The van der Waals surface area contributed by atoms with E-state index in [4.69, 9.17) is 18.6 Å². The Labute approximate surface area is 215 Å². The fourth-order valence-corrected chi connectivity index (χ4v) is 4.26. The summed E-state index contributed by atoms with van der Waals surface area (Å²) in [4.78, 5) is 9.05. The van der Waals surface area contributed by atoms with Crippen LogP contribution in [0.15, 0.2) is 48.7 Å². The van der Waals surface area contributed by atoms with E-state index >= 15 is 0 Å². The Kier molecular flexibility index (Phi) is 8.63. The van der Waals surface area contributed by atoms with Gasteiger partial charge in [-0.2, -0.15) is 4.98 Å². The molecule has 1 heterocycles. The van der Waals surface area contributed by atoms with Crippen LogP contribution in [0.3, 0.4) is 0 Å². The molecule has 0 aliphatic carbocycles. The summed E-state index contributed by atoms with van der Waals surface area (Å²) in [6.07, 6.45) is 1.53. The highest BCUT2D eigenvalue weighted by Crippen LogP contribution is 2.37. The van der Waals surface area contributed by atoms with Crippen LogP contribution in [-0.4, -0.2) is 43.2 Å².